The van der Waals surface area contributed by atoms with Gasteiger partial charge in [-0.25, -0.2) is 0 Å². The van der Waals surface area contributed by atoms with E-state index in [1.54, 1.807) is 41.8 Å². The molecule has 0 saturated heterocycles. The van der Waals surface area contributed by atoms with Crippen molar-refractivity contribution >= 4 is 45.3 Å². The Balaban J connectivity index is 1.38. The van der Waals surface area contributed by atoms with E-state index in [9.17, 15) is 15.0 Å². The van der Waals surface area contributed by atoms with Crippen LogP contribution < -0.4 is 30.2 Å². The third-order valence-corrected chi connectivity index (χ3v) is 17.9. The highest BCUT2D eigenvalue weighted by molar-refractivity contribution is 8.76. The highest BCUT2D eigenvalue weighted by Gasteiger charge is 2.50. The summed E-state index contributed by atoms with van der Waals surface area (Å²) < 4.78 is 24.7. The first kappa shape index (κ1) is 50.0. The first-order valence-electron chi connectivity index (χ1n) is 24.2. The van der Waals surface area contributed by atoms with Gasteiger partial charge in [-0.05, 0) is 136 Å². The Kier molecular flexibility index (Phi) is 17.4. The van der Waals surface area contributed by atoms with Crippen LogP contribution in [0.2, 0.25) is 0 Å². The summed E-state index contributed by atoms with van der Waals surface area (Å²) in [4.78, 5) is 31.9. The van der Waals surface area contributed by atoms with Crippen molar-refractivity contribution in [3.63, 3.8) is 0 Å². The number of aromatic hydroxyl groups is 1. The standard InChI is InChI=1S/C52H72N4O8S2/c1-6-35(19-23-57)13-15-39-16-18-46(59)52(29-36-14-17-43(58)44(25-36)61-4)22-9-12-40(52)32-65-66-34-55-49(54-3)56-42-27-41(51(39)20-7-8-21-51)28-45-48(42)63-24-10-11-37-30-50(64-45,33-53-2)31-38(37)26-47(60)62-5/h14,16-18,23,25,27-28,35,37-40,47,53,58,60H,6-9,11-13,15,19-22,26,29-34H2,1-5H3,(H2,54,55,56)/b18-16+/t35-,37+,38+,39+,40-,47-,50-,52+/m1/s1. The lowest BCUT2D eigenvalue weighted by Gasteiger charge is -2.39. The fourth-order valence-corrected chi connectivity index (χ4v) is 14.4. The third kappa shape index (κ3) is 11.2. The van der Waals surface area contributed by atoms with Crippen molar-refractivity contribution in [2.45, 2.75) is 127 Å². The third-order valence-electron chi connectivity index (χ3n) is 15.7. The van der Waals surface area contributed by atoms with E-state index in [2.05, 4.69) is 58.1 Å². The van der Waals surface area contributed by atoms with E-state index in [1.165, 1.54) is 7.11 Å². The molecule has 0 unspecified atom stereocenters. The Hall–Kier alpha value is -3.87. The summed E-state index contributed by atoms with van der Waals surface area (Å²) in [5.41, 5.74) is 1.17. The van der Waals surface area contributed by atoms with Crippen LogP contribution in [0, 0.1) is 47.0 Å². The maximum atomic E-state index is 15.4. The molecule has 7 rings (SSSR count). The molecule has 2 aromatic carbocycles. The summed E-state index contributed by atoms with van der Waals surface area (Å²) in [6, 6.07) is 9.87. The van der Waals surface area contributed by atoms with Crippen LogP contribution >= 0.6 is 21.6 Å². The number of hydrogen-bond donors (Lipinski definition) is 5. The lowest BCUT2D eigenvalue weighted by atomic mass is 9.65. The van der Waals surface area contributed by atoms with Crippen molar-refractivity contribution in [3.8, 4) is 35.0 Å². The van der Waals surface area contributed by atoms with Crippen LogP contribution in [0.15, 0.2) is 47.5 Å². The molecule has 3 saturated carbocycles. The first-order valence-corrected chi connectivity index (χ1v) is 26.7. The number of fused-ring (bicyclic) bond motifs is 8. The number of likely N-dealkylation sites (N-methyl/N-ethyl adjacent to an activating group) is 1. The van der Waals surface area contributed by atoms with E-state index in [0.717, 1.165) is 93.8 Å². The van der Waals surface area contributed by atoms with Crippen LogP contribution in [0.1, 0.15) is 114 Å². The van der Waals surface area contributed by atoms with Gasteiger partial charge in [-0.15, -0.1) is 0 Å². The van der Waals surface area contributed by atoms with Gasteiger partial charge < -0.3 is 49.9 Å². The molecule has 12 nitrogen and oxygen atoms in total. The van der Waals surface area contributed by atoms with Gasteiger partial charge in [0, 0.05) is 56.5 Å². The number of nitrogens with one attached hydrogen (secondary N) is 3. The summed E-state index contributed by atoms with van der Waals surface area (Å²) in [6.45, 7) is 2.75. The van der Waals surface area contributed by atoms with Crippen molar-refractivity contribution in [1.29, 1.82) is 0 Å². The lowest BCUT2D eigenvalue weighted by molar-refractivity contribution is -0.125. The van der Waals surface area contributed by atoms with Crippen molar-refractivity contribution in [2.24, 2.45) is 40.0 Å². The summed E-state index contributed by atoms with van der Waals surface area (Å²) in [5.74, 6) is 7.69. The van der Waals surface area contributed by atoms with Crippen LogP contribution in [0.4, 0.5) is 5.69 Å². The molecule has 360 valence electrons. The van der Waals surface area contributed by atoms with Gasteiger partial charge in [0.2, 0.25) is 5.75 Å². The molecule has 66 heavy (non-hydrogen) atoms. The van der Waals surface area contributed by atoms with E-state index in [4.69, 9.17) is 18.9 Å². The second-order valence-corrected chi connectivity index (χ2v) is 21.9. The number of aliphatic imine (C=N–C) groups is 1. The monoisotopic (exact) mass is 944 g/mol. The number of benzene rings is 2. The Morgan fingerprint density at radius 3 is 2.70 bits per heavy atom. The smallest absolute Gasteiger partial charge is 0.205 e. The van der Waals surface area contributed by atoms with Gasteiger partial charge in [0.15, 0.2) is 35.3 Å². The predicted octanol–water partition coefficient (Wildman–Crippen LogP) is 9.18. The van der Waals surface area contributed by atoms with E-state index < -0.39 is 17.3 Å². The minimum atomic E-state index is -0.879. The molecule has 0 radical (unpaired) electrons. The van der Waals surface area contributed by atoms with E-state index in [-0.39, 0.29) is 46.5 Å². The predicted molar refractivity (Wildman–Crippen MR) is 265 cm³/mol. The Bertz CT molecular complexity index is 2120. The van der Waals surface area contributed by atoms with Crippen LogP contribution in [-0.4, -0.2) is 86.6 Å². The first-order chi connectivity index (χ1) is 32.0. The number of guanidine groups is 1. The molecule has 0 amide bonds. The van der Waals surface area contributed by atoms with Crippen LogP contribution in [0.5, 0.6) is 23.0 Å². The van der Waals surface area contributed by atoms with Gasteiger partial charge in [-0.3, -0.25) is 9.79 Å². The van der Waals surface area contributed by atoms with Crippen molar-refractivity contribution in [1.82, 2.24) is 10.6 Å². The minimum absolute atomic E-state index is 0.0263. The number of nitrogens with zero attached hydrogens (tertiary/aromatic N) is 1. The molecule has 0 aromatic heterocycles. The number of phenols is 1. The number of allylic oxidation sites excluding steroid dienone is 2. The number of ketones is 1. The van der Waals surface area contributed by atoms with Gasteiger partial charge in [-0.1, -0.05) is 72.3 Å². The summed E-state index contributed by atoms with van der Waals surface area (Å²) in [6.07, 6.45) is 20.2. The molecule has 8 atom stereocenters. The second-order valence-electron chi connectivity index (χ2n) is 19.4. The van der Waals surface area contributed by atoms with Crippen LogP contribution in [0.3, 0.4) is 0 Å². The molecule has 5 aliphatic rings. The molecular weight excluding hydrogens is 873 g/mol. The molecule has 2 aromatic rings. The van der Waals surface area contributed by atoms with Crippen molar-refractivity contribution in [2.75, 3.05) is 51.8 Å². The van der Waals surface area contributed by atoms with Crippen LogP contribution in [0.25, 0.3) is 0 Å². The fraction of sp³-hybridized carbons (Fsp3) is 0.635. The molecule has 3 aliphatic carbocycles. The summed E-state index contributed by atoms with van der Waals surface area (Å²) >= 11 is 0. The van der Waals surface area contributed by atoms with E-state index >= 15 is 4.79 Å². The summed E-state index contributed by atoms with van der Waals surface area (Å²) in [5, 5.41) is 31.8. The molecule has 2 aliphatic heterocycles. The number of carbonyl (C=O) groups excluding carboxylic acids is 2. The van der Waals surface area contributed by atoms with Gasteiger partial charge in [0.25, 0.3) is 0 Å². The normalized spacial score (nSPS) is 29.4. The molecular formula is C52H72N4O8S2. The zero-order valence-electron chi connectivity index (χ0n) is 39.6. The topological polar surface area (TPSA) is 160 Å². The zero-order chi connectivity index (χ0) is 46.7. The van der Waals surface area contributed by atoms with E-state index in [1.807, 2.05) is 25.3 Å². The van der Waals surface area contributed by atoms with Crippen molar-refractivity contribution in [3.05, 3.63) is 53.6 Å². The number of ether oxygens (including phenoxy) is 4. The highest BCUT2D eigenvalue weighted by Crippen LogP contribution is 2.55. The van der Waals surface area contributed by atoms with Crippen molar-refractivity contribution < 1.29 is 38.7 Å². The maximum absolute atomic E-state index is 15.4. The number of methoxy groups -OCH3 is 2. The van der Waals surface area contributed by atoms with Gasteiger partial charge >= 0.3 is 0 Å². The second kappa shape index (κ2) is 23.0. The number of carbonyl (C=O) groups is 2. The quantitative estimate of drug-likeness (QED) is 0.0529. The molecule has 1 spiro atoms. The fourth-order valence-electron chi connectivity index (χ4n) is 12.1. The number of aldehydes is 1. The molecule has 3 fully saturated rings. The summed E-state index contributed by atoms with van der Waals surface area (Å²) in [7, 11) is 10.3. The molecule has 4 bridgehead atoms. The number of aliphatic hydroxyl groups is 1. The SMILES string of the molecule is CC[C@@H](CC=O)CC[C@H]1/C=C/C(=O)[C@]2(Cc3ccc(O)c(OC)c3)CCC[C@@H]2CSSCNC(=NC)Nc2cc(cc3c2OC#CC[C@H]2C[C@](CNC)(C[C@@H]2C[C@H](O)OC)O3)C12CCCC2. The number of anilines is 1. The molecule has 2 heterocycles. The highest BCUT2D eigenvalue weighted by atomic mass is 33.1. The Morgan fingerprint density at radius 1 is 1.12 bits per heavy atom. The average Bonchev–Trinajstić information content (AvgIpc) is 4.06. The molecule has 14 heteroatoms. The number of hydrogen-bond acceptors (Lipinski definition) is 12. The van der Waals surface area contributed by atoms with Gasteiger partial charge in [0.1, 0.15) is 18.0 Å². The van der Waals surface area contributed by atoms with Gasteiger partial charge in [-0.2, -0.15) is 0 Å². The van der Waals surface area contributed by atoms with Crippen LogP contribution in [-0.2, 0) is 26.2 Å². The maximum Gasteiger partial charge on any atom is 0.205 e. The zero-order valence-corrected chi connectivity index (χ0v) is 41.3. The largest absolute Gasteiger partial charge is 0.504 e. The Labute approximate surface area is 400 Å². The Morgan fingerprint density at radius 2 is 1.95 bits per heavy atom. The van der Waals surface area contributed by atoms with E-state index in [0.29, 0.717) is 73.4 Å². The lowest BCUT2D eigenvalue weighted by Crippen LogP contribution is -2.43. The number of rotatable bonds is 14. The molecule has 5 N–H and O–H groups in total. The minimum Gasteiger partial charge on any atom is -0.504 e. The number of phenolic OH excluding ortho intramolecular Hbond substituents is 1. The number of aliphatic hydroxyl groups excluding tert-OH is 1. The van der Waals surface area contributed by atoms with Gasteiger partial charge in [0.05, 0.1) is 18.7 Å². The average molecular weight is 945 g/mol.